The quantitative estimate of drug-likeness (QED) is 0.435. The van der Waals surface area contributed by atoms with Gasteiger partial charge in [-0.15, -0.1) is 10.2 Å². The van der Waals surface area contributed by atoms with Crippen LogP contribution in [0.4, 0.5) is 5.13 Å². The zero-order chi connectivity index (χ0) is 23.6. The van der Waals surface area contributed by atoms with Gasteiger partial charge in [-0.05, 0) is 30.3 Å². The molecular formula is C24H25N5O3S. The number of carbonyl (C=O) groups excluding carboxylic acids is 1. The average molecular weight is 464 g/mol. The summed E-state index contributed by atoms with van der Waals surface area (Å²) in [5, 5.41) is 17.2. The number of aromatic nitrogens is 4. The van der Waals surface area contributed by atoms with Crippen LogP contribution in [-0.4, -0.2) is 40.1 Å². The molecule has 8 nitrogen and oxygen atoms in total. The minimum Gasteiger partial charge on any atom is -0.493 e. The highest BCUT2D eigenvalue weighted by Crippen LogP contribution is 2.34. The Morgan fingerprint density at radius 3 is 2.36 bits per heavy atom. The van der Waals surface area contributed by atoms with Crippen LogP contribution in [0.2, 0.25) is 0 Å². The fourth-order valence-corrected chi connectivity index (χ4v) is 3.99. The van der Waals surface area contributed by atoms with Gasteiger partial charge in [0.05, 0.1) is 25.5 Å². The molecule has 0 atom stereocenters. The second kappa shape index (κ2) is 9.03. The molecule has 0 saturated carbocycles. The summed E-state index contributed by atoms with van der Waals surface area (Å²) in [6.07, 6.45) is 1.71. The highest BCUT2D eigenvalue weighted by molar-refractivity contribution is 7.15. The molecule has 4 aromatic rings. The maximum Gasteiger partial charge on any atom is 0.261 e. The Bertz CT molecular complexity index is 1270. The number of nitrogens with one attached hydrogen (secondary N) is 1. The van der Waals surface area contributed by atoms with E-state index in [2.05, 4.69) is 36.3 Å². The maximum absolute atomic E-state index is 13.3. The molecule has 33 heavy (non-hydrogen) atoms. The third-order valence-corrected chi connectivity index (χ3v) is 6.19. The van der Waals surface area contributed by atoms with E-state index < -0.39 is 0 Å². The van der Waals surface area contributed by atoms with Crippen LogP contribution in [0.15, 0.2) is 54.7 Å². The molecule has 1 N–H and O–H groups in total. The van der Waals surface area contributed by atoms with Gasteiger partial charge in [0.15, 0.2) is 11.5 Å². The molecule has 0 unspecified atom stereocenters. The molecule has 2 aromatic carbocycles. The first-order valence-electron chi connectivity index (χ1n) is 10.3. The molecule has 0 aliphatic carbocycles. The number of nitrogens with zero attached hydrogens (tertiary/aromatic N) is 4. The predicted octanol–water partition coefficient (Wildman–Crippen LogP) is 4.96. The van der Waals surface area contributed by atoms with Gasteiger partial charge in [0, 0.05) is 17.2 Å². The van der Waals surface area contributed by atoms with Crippen molar-refractivity contribution in [2.75, 3.05) is 19.5 Å². The van der Waals surface area contributed by atoms with Gasteiger partial charge < -0.3 is 9.47 Å². The SMILES string of the molecule is COc1ccc(-c2nn(-c3ccccc3)cc2C(=O)Nc2nnc(C(C)(C)C)s2)cc1OC. The van der Waals surface area contributed by atoms with E-state index >= 15 is 0 Å². The Labute approximate surface area is 196 Å². The van der Waals surface area contributed by atoms with Crippen LogP contribution < -0.4 is 14.8 Å². The number of anilines is 1. The number of ether oxygens (including phenoxy) is 2. The molecule has 0 aliphatic rings. The van der Waals surface area contributed by atoms with Crippen molar-refractivity contribution in [3.05, 3.63) is 65.3 Å². The lowest BCUT2D eigenvalue weighted by Crippen LogP contribution is -2.12. The number of hydrogen-bond donors (Lipinski definition) is 1. The second-order valence-electron chi connectivity index (χ2n) is 8.36. The zero-order valence-electron chi connectivity index (χ0n) is 19.1. The van der Waals surface area contributed by atoms with Crippen LogP contribution in [0.5, 0.6) is 11.5 Å². The summed E-state index contributed by atoms with van der Waals surface area (Å²) in [6.45, 7) is 6.16. The zero-order valence-corrected chi connectivity index (χ0v) is 19.9. The largest absolute Gasteiger partial charge is 0.493 e. The molecule has 0 saturated heterocycles. The Morgan fingerprint density at radius 2 is 1.73 bits per heavy atom. The summed E-state index contributed by atoms with van der Waals surface area (Å²) >= 11 is 1.36. The number of hydrogen-bond acceptors (Lipinski definition) is 7. The topological polar surface area (TPSA) is 91.2 Å². The third kappa shape index (κ3) is 4.73. The summed E-state index contributed by atoms with van der Waals surface area (Å²) in [5.74, 6) is 0.825. The van der Waals surface area contributed by atoms with Gasteiger partial charge >= 0.3 is 0 Å². The van der Waals surface area contributed by atoms with Crippen molar-refractivity contribution in [1.29, 1.82) is 0 Å². The molecule has 4 rings (SSSR count). The number of carbonyl (C=O) groups is 1. The van der Waals surface area contributed by atoms with Crippen molar-refractivity contribution >= 4 is 22.4 Å². The smallest absolute Gasteiger partial charge is 0.261 e. The lowest BCUT2D eigenvalue weighted by atomic mass is 9.98. The molecule has 0 aliphatic heterocycles. The van der Waals surface area contributed by atoms with Crippen LogP contribution >= 0.6 is 11.3 Å². The van der Waals surface area contributed by atoms with E-state index in [0.29, 0.717) is 27.9 Å². The molecule has 0 spiro atoms. The lowest BCUT2D eigenvalue weighted by molar-refractivity contribution is 0.102. The van der Waals surface area contributed by atoms with Crippen LogP contribution in [0, 0.1) is 0 Å². The van der Waals surface area contributed by atoms with E-state index in [-0.39, 0.29) is 11.3 Å². The van der Waals surface area contributed by atoms with Crippen LogP contribution in [0.3, 0.4) is 0 Å². The van der Waals surface area contributed by atoms with E-state index in [1.807, 2.05) is 36.4 Å². The van der Waals surface area contributed by atoms with Gasteiger partial charge in [-0.1, -0.05) is 50.3 Å². The van der Waals surface area contributed by atoms with E-state index in [0.717, 1.165) is 16.3 Å². The first-order valence-corrected chi connectivity index (χ1v) is 11.1. The highest BCUT2D eigenvalue weighted by atomic mass is 32.1. The molecule has 170 valence electrons. The van der Waals surface area contributed by atoms with Gasteiger partial charge in [0.1, 0.15) is 10.7 Å². The monoisotopic (exact) mass is 463 g/mol. The third-order valence-electron chi connectivity index (χ3n) is 4.92. The van der Waals surface area contributed by atoms with E-state index in [4.69, 9.17) is 14.6 Å². The standard InChI is InChI=1S/C24H25N5O3S/c1-24(2,3)22-26-27-23(33-22)25-21(30)17-14-29(16-9-7-6-8-10-16)28-20(17)15-11-12-18(31-4)19(13-15)32-5/h6-14H,1-5H3,(H,25,27,30). The van der Waals surface area contributed by atoms with Crippen molar-refractivity contribution in [2.45, 2.75) is 26.2 Å². The second-order valence-corrected chi connectivity index (χ2v) is 9.34. The van der Waals surface area contributed by atoms with Crippen LogP contribution in [0.1, 0.15) is 36.1 Å². The number of benzene rings is 2. The van der Waals surface area contributed by atoms with Crippen LogP contribution in [0.25, 0.3) is 16.9 Å². The fraction of sp³-hybridized carbons (Fsp3) is 0.250. The van der Waals surface area contributed by atoms with E-state index in [1.54, 1.807) is 37.2 Å². The Morgan fingerprint density at radius 1 is 1.00 bits per heavy atom. The fourth-order valence-electron chi connectivity index (χ4n) is 3.19. The summed E-state index contributed by atoms with van der Waals surface area (Å²) in [5.41, 5.74) is 2.32. The summed E-state index contributed by atoms with van der Waals surface area (Å²) in [6, 6.07) is 15.1. The normalized spacial score (nSPS) is 11.3. The molecular weight excluding hydrogens is 438 g/mol. The molecule has 0 fully saturated rings. The van der Waals surface area contributed by atoms with Crippen molar-refractivity contribution in [1.82, 2.24) is 20.0 Å². The molecule has 2 aromatic heterocycles. The van der Waals surface area contributed by atoms with Crippen molar-refractivity contribution in [3.8, 4) is 28.4 Å². The molecule has 0 bridgehead atoms. The summed E-state index contributed by atoms with van der Waals surface area (Å²) in [4.78, 5) is 13.3. The van der Waals surface area contributed by atoms with E-state index in [1.165, 1.54) is 11.3 Å². The van der Waals surface area contributed by atoms with E-state index in [9.17, 15) is 4.79 Å². The van der Waals surface area contributed by atoms with Crippen molar-refractivity contribution in [3.63, 3.8) is 0 Å². The van der Waals surface area contributed by atoms with Gasteiger partial charge in [-0.3, -0.25) is 10.1 Å². The molecule has 9 heteroatoms. The van der Waals surface area contributed by atoms with Crippen molar-refractivity contribution in [2.24, 2.45) is 0 Å². The number of para-hydroxylation sites is 1. The minimum atomic E-state index is -0.321. The summed E-state index contributed by atoms with van der Waals surface area (Å²) in [7, 11) is 3.15. The van der Waals surface area contributed by atoms with Crippen molar-refractivity contribution < 1.29 is 14.3 Å². The van der Waals surface area contributed by atoms with Crippen LogP contribution in [-0.2, 0) is 5.41 Å². The Hall–Kier alpha value is -3.72. The Balaban J connectivity index is 1.75. The lowest BCUT2D eigenvalue weighted by Gasteiger charge is -2.12. The first kappa shape index (κ1) is 22.5. The molecule has 2 heterocycles. The maximum atomic E-state index is 13.3. The minimum absolute atomic E-state index is 0.149. The highest BCUT2D eigenvalue weighted by Gasteiger charge is 2.23. The van der Waals surface area contributed by atoms with Gasteiger partial charge in [-0.25, -0.2) is 4.68 Å². The number of rotatable bonds is 6. The molecule has 0 radical (unpaired) electrons. The van der Waals surface area contributed by atoms with Gasteiger partial charge in [0.2, 0.25) is 5.13 Å². The first-order chi connectivity index (χ1) is 15.8. The van der Waals surface area contributed by atoms with Gasteiger partial charge in [-0.2, -0.15) is 5.10 Å². The molecule has 1 amide bonds. The Kier molecular flexibility index (Phi) is 6.15. The summed E-state index contributed by atoms with van der Waals surface area (Å²) < 4.78 is 12.5. The van der Waals surface area contributed by atoms with Gasteiger partial charge in [0.25, 0.3) is 5.91 Å². The predicted molar refractivity (Wildman–Crippen MR) is 129 cm³/mol. The number of amides is 1. The average Bonchev–Trinajstić information content (AvgIpc) is 3.47. The number of methoxy groups -OCH3 is 2.